The van der Waals surface area contributed by atoms with Gasteiger partial charge in [0.25, 0.3) is 5.69 Å². The number of nitrogens with one attached hydrogen (secondary N) is 1. The number of aryl methyl sites for hydroxylation is 2. The van der Waals surface area contributed by atoms with Gasteiger partial charge in [-0.15, -0.1) is 0 Å². The highest BCUT2D eigenvalue weighted by Crippen LogP contribution is 2.26. The van der Waals surface area contributed by atoms with Crippen LogP contribution in [-0.2, 0) is 4.79 Å². The van der Waals surface area contributed by atoms with Gasteiger partial charge in [0, 0.05) is 24.6 Å². The summed E-state index contributed by atoms with van der Waals surface area (Å²) in [4.78, 5) is 21.7. The van der Waals surface area contributed by atoms with Crippen LogP contribution in [0.15, 0.2) is 12.1 Å². The minimum atomic E-state index is -0.465. The summed E-state index contributed by atoms with van der Waals surface area (Å²) in [7, 11) is 0. The Hall–Kier alpha value is -1.95. The van der Waals surface area contributed by atoms with Crippen molar-refractivity contribution in [3.8, 4) is 0 Å². The lowest BCUT2D eigenvalue weighted by Gasteiger charge is -2.09. The van der Waals surface area contributed by atoms with E-state index in [1.54, 1.807) is 19.9 Å². The largest absolute Gasteiger partial charge is 0.330 e. The summed E-state index contributed by atoms with van der Waals surface area (Å²) < 4.78 is 0. The number of hydrogen-bond acceptors (Lipinski definition) is 4. The molecule has 17 heavy (non-hydrogen) atoms. The highest BCUT2D eigenvalue weighted by atomic mass is 16.6. The van der Waals surface area contributed by atoms with Gasteiger partial charge in [-0.2, -0.15) is 0 Å². The van der Waals surface area contributed by atoms with Gasteiger partial charge in [-0.05, 0) is 25.5 Å². The Labute approximate surface area is 99.0 Å². The van der Waals surface area contributed by atoms with Crippen molar-refractivity contribution in [2.45, 2.75) is 20.3 Å². The third-order valence-corrected chi connectivity index (χ3v) is 2.39. The molecule has 1 amide bonds. The predicted molar refractivity (Wildman–Crippen MR) is 64.9 cm³/mol. The second-order valence-corrected chi connectivity index (χ2v) is 3.80. The molecule has 0 aliphatic heterocycles. The van der Waals surface area contributed by atoms with Crippen LogP contribution in [-0.4, -0.2) is 17.4 Å². The van der Waals surface area contributed by atoms with Gasteiger partial charge in [0.2, 0.25) is 5.91 Å². The number of carbonyl (C=O) groups excluding carboxylic acids is 1. The summed E-state index contributed by atoms with van der Waals surface area (Å²) >= 11 is 0. The van der Waals surface area contributed by atoms with Crippen molar-refractivity contribution in [1.29, 1.82) is 0 Å². The number of anilines is 1. The molecule has 0 aliphatic carbocycles. The summed E-state index contributed by atoms with van der Waals surface area (Å²) in [5.41, 5.74) is 7.08. The van der Waals surface area contributed by atoms with Crippen LogP contribution in [0.3, 0.4) is 0 Å². The van der Waals surface area contributed by atoms with Crippen molar-refractivity contribution in [1.82, 2.24) is 0 Å². The first-order valence-electron chi connectivity index (χ1n) is 5.21. The van der Waals surface area contributed by atoms with Crippen molar-refractivity contribution >= 4 is 17.3 Å². The molecule has 1 aromatic carbocycles. The van der Waals surface area contributed by atoms with E-state index in [-0.39, 0.29) is 24.6 Å². The number of nitro groups is 1. The fourth-order valence-electron chi connectivity index (χ4n) is 1.52. The molecule has 0 saturated heterocycles. The van der Waals surface area contributed by atoms with E-state index in [2.05, 4.69) is 5.32 Å². The van der Waals surface area contributed by atoms with E-state index in [0.29, 0.717) is 11.3 Å². The summed E-state index contributed by atoms with van der Waals surface area (Å²) in [5, 5.41) is 13.4. The normalized spacial score (nSPS) is 10.1. The molecule has 92 valence electrons. The van der Waals surface area contributed by atoms with Crippen LogP contribution in [0.1, 0.15) is 17.5 Å². The molecule has 0 heterocycles. The molecule has 0 unspecified atom stereocenters. The van der Waals surface area contributed by atoms with Gasteiger partial charge in [0.1, 0.15) is 0 Å². The molecule has 0 saturated carbocycles. The molecule has 1 rings (SSSR count). The third kappa shape index (κ3) is 3.25. The zero-order chi connectivity index (χ0) is 13.0. The highest BCUT2D eigenvalue weighted by Gasteiger charge is 2.14. The smallest absolute Gasteiger partial charge is 0.274 e. The van der Waals surface area contributed by atoms with Crippen LogP contribution < -0.4 is 11.1 Å². The maximum absolute atomic E-state index is 11.4. The fraction of sp³-hybridized carbons (Fsp3) is 0.364. The van der Waals surface area contributed by atoms with Gasteiger partial charge < -0.3 is 11.1 Å². The maximum Gasteiger partial charge on any atom is 0.274 e. The Morgan fingerprint density at radius 3 is 2.59 bits per heavy atom. The van der Waals surface area contributed by atoms with Crippen molar-refractivity contribution in [3.05, 3.63) is 33.4 Å². The summed E-state index contributed by atoms with van der Waals surface area (Å²) in [6, 6.07) is 3.05. The van der Waals surface area contributed by atoms with Gasteiger partial charge >= 0.3 is 0 Å². The topological polar surface area (TPSA) is 98.3 Å². The summed E-state index contributed by atoms with van der Waals surface area (Å²) in [6.45, 7) is 3.70. The average Bonchev–Trinajstić information content (AvgIpc) is 2.21. The molecule has 0 aliphatic rings. The van der Waals surface area contributed by atoms with Crippen LogP contribution >= 0.6 is 0 Å². The number of nitrogens with two attached hydrogens (primary N) is 1. The fourth-order valence-corrected chi connectivity index (χ4v) is 1.52. The van der Waals surface area contributed by atoms with Gasteiger partial charge in [-0.3, -0.25) is 14.9 Å². The standard InChI is InChI=1S/C11H15N3O3/c1-7-5-8(2)10(14(16)17)6-9(7)13-11(15)3-4-12/h5-6H,3-4,12H2,1-2H3,(H,13,15). The molecule has 0 aromatic heterocycles. The number of benzene rings is 1. The van der Waals surface area contributed by atoms with Crippen LogP contribution in [0.5, 0.6) is 0 Å². The minimum absolute atomic E-state index is 0.00125. The minimum Gasteiger partial charge on any atom is -0.330 e. The number of rotatable bonds is 4. The first-order valence-corrected chi connectivity index (χ1v) is 5.21. The molecular weight excluding hydrogens is 222 g/mol. The van der Waals surface area contributed by atoms with Crippen molar-refractivity contribution < 1.29 is 9.72 Å². The number of amides is 1. The van der Waals surface area contributed by atoms with Gasteiger partial charge in [0.15, 0.2) is 0 Å². The molecule has 0 bridgehead atoms. The Morgan fingerprint density at radius 2 is 2.06 bits per heavy atom. The SMILES string of the molecule is Cc1cc(C)c([N+](=O)[O-])cc1NC(=O)CCN. The number of nitro benzene ring substituents is 1. The summed E-state index contributed by atoms with van der Waals surface area (Å²) in [5.74, 6) is -0.242. The van der Waals surface area contributed by atoms with E-state index < -0.39 is 4.92 Å². The first-order chi connectivity index (χ1) is 7.95. The molecule has 0 fully saturated rings. The number of hydrogen-bond donors (Lipinski definition) is 2. The molecule has 1 aromatic rings. The zero-order valence-corrected chi connectivity index (χ0v) is 9.82. The monoisotopic (exact) mass is 237 g/mol. The first kappa shape index (κ1) is 13.1. The molecule has 0 atom stereocenters. The number of carbonyl (C=O) groups is 1. The Morgan fingerprint density at radius 1 is 1.41 bits per heavy atom. The lowest BCUT2D eigenvalue weighted by molar-refractivity contribution is -0.385. The molecule has 6 nitrogen and oxygen atoms in total. The van der Waals surface area contributed by atoms with Crippen molar-refractivity contribution in [3.63, 3.8) is 0 Å². The Kier molecular flexibility index (Phi) is 4.17. The van der Waals surface area contributed by atoms with Crippen LogP contribution in [0, 0.1) is 24.0 Å². The average molecular weight is 237 g/mol. The second kappa shape index (κ2) is 5.40. The maximum atomic E-state index is 11.4. The van der Waals surface area contributed by atoms with Gasteiger partial charge in [-0.1, -0.05) is 0 Å². The zero-order valence-electron chi connectivity index (χ0n) is 9.82. The highest BCUT2D eigenvalue weighted by molar-refractivity contribution is 5.92. The van der Waals surface area contributed by atoms with E-state index in [1.807, 2.05) is 0 Å². The lowest BCUT2D eigenvalue weighted by atomic mass is 10.1. The number of nitrogens with zero attached hydrogens (tertiary/aromatic N) is 1. The summed E-state index contributed by atoms with van der Waals surface area (Å²) in [6.07, 6.45) is 0.196. The van der Waals surface area contributed by atoms with Crippen LogP contribution in [0.2, 0.25) is 0 Å². The molecule has 0 radical (unpaired) electrons. The molecule has 0 spiro atoms. The van der Waals surface area contributed by atoms with E-state index in [9.17, 15) is 14.9 Å². The van der Waals surface area contributed by atoms with E-state index >= 15 is 0 Å². The quantitative estimate of drug-likeness (QED) is 0.612. The van der Waals surface area contributed by atoms with Crippen LogP contribution in [0.4, 0.5) is 11.4 Å². The van der Waals surface area contributed by atoms with Crippen LogP contribution in [0.25, 0.3) is 0 Å². The van der Waals surface area contributed by atoms with Crippen molar-refractivity contribution in [2.75, 3.05) is 11.9 Å². The van der Waals surface area contributed by atoms with Crippen molar-refractivity contribution in [2.24, 2.45) is 5.73 Å². The Balaban J connectivity index is 3.03. The molecule has 6 heteroatoms. The van der Waals surface area contributed by atoms with E-state index in [4.69, 9.17) is 5.73 Å². The third-order valence-electron chi connectivity index (χ3n) is 2.39. The second-order valence-electron chi connectivity index (χ2n) is 3.80. The Bertz CT molecular complexity index is 458. The predicted octanol–water partition coefficient (Wildman–Crippen LogP) is 1.50. The van der Waals surface area contributed by atoms with Gasteiger partial charge in [-0.25, -0.2) is 0 Å². The van der Waals surface area contributed by atoms with E-state index in [1.165, 1.54) is 6.07 Å². The lowest BCUT2D eigenvalue weighted by Crippen LogP contribution is -2.17. The van der Waals surface area contributed by atoms with E-state index in [0.717, 1.165) is 5.56 Å². The molecular formula is C11H15N3O3. The van der Waals surface area contributed by atoms with Gasteiger partial charge in [0.05, 0.1) is 10.6 Å². The molecule has 3 N–H and O–H groups in total.